The minimum atomic E-state index is 0.506. The van der Waals surface area contributed by atoms with Gasteiger partial charge in [0.05, 0.1) is 7.11 Å². The molecule has 0 radical (unpaired) electrons. The Morgan fingerprint density at radius 2 is 1.71 bits per heavy atom. The van der Waals surface area contributed by atoms with Gasteiger partial charge in [-0.3, -0.25) is 4.90 Å². The number of methoxy groups -OCH3 is 1. The number of ether oxygens (including phenoxy) is 1. The Hall–Kier alpha value is -1.84. The quantitative estimate of drug-likeness (QED) is 0.858. The van der Waals surface area contributed by atoms with Gasteiger partial charge in [-0.15, -0.1) is 0 Å². The maximum atomic E-state index is 5.34. The van der Waals surface area contributed by atoms with E-state index in [1.54, 1.807) is 7.11 Å². The first kappa shape index (κ1) is 15.7. The van der Waals surface area contributed by atoms with Crippen molar-refractivity contribution in [2.45, 2.75) is 12.6 Å². The Morgan fingerprint density at radius 3 is 2.42 bits per heavy atom. The van der Waals surface area contributed by atoms with E-state index in [4.69, 9.17) is 4.74 Å². The predicted octanol–water partition coefficient (Wildman–Crippen LogP) is 3.43. The molecule has 2 fully saturated rings. The summed E-state index contributed by atoms with van der Waals surface area (Å²) in [6.07, 6.45) is 0. The molecule has 0 spiro atoms. The highest BCUT2D eigenvalue weighted by Crippen LogP contribution is 2.45. The fourth-order valence-corrected chi connectivity index (χ4v) is 4.60. The molecule has 0 bridgehead atoms. The Balaban J connectivity index is 1.62. The van der Waals surface area contributed by atoms with Crippen LogP contribution in [0.1, 0.15) is 17.2 Å². The molecule has 0 saturated carbocycles. The average molecular weight is 322 g/mol. The summed E-state index contributed by atoms with van der Waals surface area (Å²) in [6, 6.07) is 20.1. The van der Waals surface area contributed by atoms with E-state index < -0.39 is 0 Å². The van der Waals surface area contributed by atoms with Crippen molar-refractivity contribution in [1.29, 1.82) is 0 Å². The van der Waals surface area contributed by atoms with Crippen molar-refractivity contribution in [2.24, 2.45) is 11.8 Å². The molecule has 126 valence electrons. The fourth-order valence-electron chi connectivity index (χ4n) is 4.60. The van der Waals surface area contributed by atoms with E-state index in [1.807, 2.05) is 0 Å². The van der Waals surface area contributed by atoms with E-state index >= 15 is 0 Å². The molecule has 0 amide bonds. The first-order chi connectivity index (χ1) is 11.7. The molecule has 3 atom stereocenters. The number of likely N-dealkylation sites (tertiary alicyclic amines) is 2. The maximum Gasteiger partial charge on any atom is 0.118 e. The Labute approximate surface area is 144 Å². The molecule has 3 nitrogen and oxygen atoms in total. The molecule has 2 aliphatic heterocycles. The second kappa shape index (κ2) is 6.58. The van der Waals surface area contributed by atoms with Crippen LogP contribution in [-0.2, 0) is 6.54 Å². The van der Waals surface area contributed by atoms with E-state index in [-0.39, 0.29) is 0 Å². The highest BCUT2D eigenvalue weighted by atomic mass is 16.5. The zero-order valence-electron chi connectivity index (χ0n) is 14.6. The first-order valence-corrected chi connectivity index (χ1v) is 8.85. The number of hydrogen-bond acceptors (Lipinski definition) is 3. The number of hydrogen-bond donors (Lipinski definition) is 0. The van der Waals surface area contributed by atoms with Crippen molar-refractivity contribution in [3.05, 3.63) is 65.7 Å². The van der Waals surface area contributed by atoms with Crippen molar-refractivity contribution >= 4 is 0 Å². The van der Waals surface area contributed by atoms with Gasteiger partial charge in [0.25, 0.3) is 0 Å². The average Bonchev–Trinajstić information content (AvgIpc) is 3.11. The second-order valence-corrected chi connectivity index (χ2v) is 7.28. The van der Waals surface area contributed by atoms with E-state index in [0.29, 0.717) is 6.04 Å². The van der Waals surface area contributed by atoms with Crippen LogP contribution in [0, 0.1) is 11.8 Å². The van der Waals surface area contributed by atoms with Crippen LogP contribution in [-0.4, -0.2) is 43.6 Å². The lowest BCUT2D eigenvalue weighted by Crippen LogP contribution is -2.29. The predicted molar refractivity (Wildman–Crippen MR) is 97.1 cm³/mol. The van der Waals surface area contributed by atoms with Crippen molar-refractivity contribution in [2.75, 3.05) is 33.8 Å². The summed E-state index contributed by atoms with van der Waals surface area (Å²) >= 11 is 0. The minimum absolute atomic E-state index is 0.506. The van der Waals surface area contributed by atoms with Crippen LogP contribution in [0.4, 0.5) is 0 Å². The summed E-state index contributed by atoms with van der Waals surface area (Å²) in [5, 5.41) is 0. The topological polar surface area (TPSA) is 15.7 Å². The van der Waals surface area contributed by atoms with Gasteiger partial charge in [0.2, 0.25) is 0 Å². The third-order valence-electron chi connectivity index (χ3n) is 5.63. The van der Waals surface area contributed by atoms with Gasteiger partial charge in [-0.2, -0.15) is 0 Å². The van der Waals surface area contributed by atoms with Crippen LogP contribution in [0.3, 0.4) is 0 Å². The van der Waals surface area contributed by atoms with Gasteiger partial charge in [-0.25, -0.2) is 0 Å². The second-order valence-electron chi connectivity index (χ2n) is 7.28. The molecule has 0 aromatic heterocycles. The summed E-state index contributed by atoms with van der Waals surface area (Å²) < 4.78 is 5.34. The number of fused-ring (bicyclic) bond motifs is 1. The lowest BCUT2D eigenvalue weighted by molar-refractivity contribution is 0.199. The largest absolute Gasteiger partial charge is 0.497 e. The van der Waals surface area contributed by atoms with Gasteiger partial charge in [0, 0.05) is 32.2 Å². The molecule has 3 heteroatoms. The van der Waals surface area contributed by atoms with Crippen LogP contribution in [0.5, 0.6) is 5.75 Å². The van der Waals surface area contributed by atoms with Crippen molar-refractivity contribution in [3.8, 4) is 5.75 Å². The Bertz CT molecular complexity index is 670. The molecule has 0 aliphatic carbocycles. The van der Waals surface area contributed by atoms with Gasteiger partial charge >= 0.3 is 0 Å². The van der Waals surface area contributed by atoms with Crippen molar-refractivity contribution in [1.82, 2.24) is 9.80 Å². The van der Waals surface area contributed by atoms with Gasteiger partial charge in [0.15, 0.2) is 0 Å². The van der Waals surface area contributed by atoms with E-state index in [0.717, 1.165) is 24.1 Å². The highest BCUT2D eigenvalue weighted by Gasteiger charge is 2.46. The summed E-state index contributed by atoms with van der Waals surface area (Å²) in [5.74, 6) is 2.45. The Kier molecular flexibility index (Phi) is 4.30. The molecule has 2 aromatic carbocycles. The molecule has 2 saturated heterocycles. The van der Waals surface area contributed by atoms with Gasteiger partial charge in [-0.1, -0.05) is 42.5 Å². The summed E-state index contributed by atoms with van der Waals surface area (Å²) in [6.45, 7) is 4.66. The molecule has 2 heterocycles. The van der Waals surface area contributed by atoms with Crippen LogP contribution >= 0.6 is 0 Å². The number of nitrogens with zero attached hydrogens (tertiary/aromatic N) is 2. The number of benzene rings is 2. The first-order valence-electron chi connectivity index (χ1n) is 8.85. The highest BCUT2D eigenvalue weighted by molar-refractivity contribution is 5.31. The molecular formula is C21H26N2O. The summed E-state index contributed by atoms with van der Waals surface area (Å²) in [7, 11) is 3.99. The van der Waals surface area contributed by atoms with Gasteiger partial charge < -0.3 is 9.64 Å². The van der Waals surface area contributed by atoms with E-state index in [9.17, 15) is 0 Å². The van der Waals surface area contributed by atoms with E-state index in [1.165, 1.54) is 30.8 Å². The zero-order valence-corrected chi connectivity index (χ0v) is 14.6. The van der Waals surface area contributed by atoms with Crippen molar-refractivity contribution in [3.63, 3.8) is 0 Å². The normalized spacial score (nSPS) is 27.3. The minimum Gasteiger partial charge on any atom is -0.497 e. The fraction of sp³-hybridized carbons (Fsp3) is 0.429. The molecule has 4 rings (SSSR count). The standard InChI is InChI=1S/C21H26N2O/c1-22-13-18-14-23(12-16-6-4-3-5-7-16)21(20(18)15-22)17-8-10-19(24-2)11-9-17/h3-11,18,20-21H,12-15H2,1-2H3. The molecular weight excluding hydrogens is 296 g/mol. The third kappa shape index (κ3) is 2.94. The molecule has 3 unspecified atom stereocenters. The molecule has 24 heavy (non-hydrogen) atoms. The Morgan fingerprint density at radius 1 is 0.958 bits per heavy atom. The smallest absolute Gasteiger partial charge is 0.118 e. The van der Waals surface area contributed by atoms with Crippen molar-refractivity contribution < 1.29 is 4.74 Å². The van der Waals surface area contributed by atoms with Gasteiger partial charge in [-0.05, 0) is 42.1 Å². The molecule has 0 N–H and O–H groups in total. The van der Waals surface area contributed by atoms with Crippen LogP contribution in [0.15, 0.2) is 54.6 Å². The number of rotatable bonds is 4. The third-order valence-corrected chi connectivity index (χ3v) is 5.63. The SMILES string of the molecule is COc1ccc(C2C3CN(C)CC3CN2Cc2ccccc2)cc1. The van der Waals surface area contributed by atoms with Crippen LogP contribution in [0.25, 0.3) is 0 Å². The maximum absolute atomic E-state index is 5.34. The molecule has 2 aliphatic rings. The lowest BCUT2D eigenvalue weighted by atomic mass is 9.89. The lowest BCUT2D eigenvalue weighted by Gasteiger charge is -2.29. The van der Waals surface area contributed by atoms with E-state index in [2.05, 4.69) is 71.4 Å². The zero-order chi connectivity index (χ0) is 16.5. The summed E-state index contributed by atoms with van der Waals surface area (Å²) in [5.41, 5.74) is 2.83. The van der Waals surface area contributed by atoms with Gasteiger partial charge in [0.1, 0.15) is 5.75 Å². The van der Waals surface area contributed by atoms with Crippen LogP contribution in [0.2, 0.25) is 0 Å². The molecule has 2 aromatic rings. The summed E-state index contributed by atoms with van der Waals surface area (Å²) in [4.78, 5) is 5.17. The monoisotopic (exact) mass is 322 g/mol. The van der Waals surface area contributed by atoms with Crippen LogP contribution < -0.4 is 4.74 Å².